The number of nitrogens with zero attached hydrogens (tertiary/aromatic N) is 2. The van der Waals surface area contributed by atoms with Gasteiger partial charge in [0.05, 0.1) is 23.8 Å². The molecule has 0 atom stereocenters. The van der Waals surface area contributed by atoms with Crippen LogP contribution in [-0.4, -0.2) is 51.9 Å². The molecule has 0 bridgehead atoms. The molecule has 0 aliphatic heterocycles. The minimum atomic E-state index is -0.590. The van der Waals surface area contributed by atoms with E-state index in [1.807, 2.05) is 65.1 Å². The summed E-state index contributed by atoms with van der Waals surface area (Å²) in [5.41, 5.74) is 7.70. The van der Waals surface area contributed by atoms with Crippen molar-refractivity contribution in [1.29, 1.82) is 0 Å². The number of aryl methyl sites for hydroxylation is 3. The minimum Gasteiger partial charge on any atom is -0.394 e. The van der Waals surface area contributed by atoms with Crippen LogP contribution in [0.5, 0.6) is 0 Å². The van der Waals surface area contributed by atoms with Gasteiger partial charge in [0, 0.05) is 36.4 Å². The van der Waals surface area contributed by atoms with Crippen LogP contribution >= 0.6 is 11.3 Å². The molecular formula is C40H63N3O2S. The molecule has 0 aliphatic carbocycles. The fourth-order valence-corrected chi connectivity index (χ4v) is 4.93. The van der Waals surface area contributed by atoms with Crippen molar-refractivity contribution < 1.29 is 10.2 Å². The van der Waals surface area contributed by atoms with E-state index in [9.17, 15) is 10.2 Å². The van der Waals surface area contributed by atoms with E-state index < -0.39 is 5.54 Å². The Kier molecular flexibility index (Phi) is 22.6. The highest BCUT2D eigenvalue weighted by molar-refractivity contribution is 7.11. The summed E-state index contributed by atoms with van der Waals surface area (Å²) in [5, 5.41) is 23.0. The van der Waals surface area contributed by atoms with Crippen molar-refractivity contribution in [3.05, 3.63) is 112 Å². The molecule has 3 aromatic rings. The molecule has 1 heterocycles. The summed E-state index contributed by atoms with van der Waals surface area (Å²) in [7, 11) is 0. The Balaban J connectivity index is 0.000000666. The third-order valence-electron chi connectivity index (χ3n) is 7.17. The van der Waals surface area contributed by atoms with Crippen molar-refractivity contribution in [3.63, 3.8) is 0 Å². The number of nitrogens with one attached hydrogen (secondary N) is 1. The van der Waals surface area contributed by atoms with Crippen molar-refractivity contribution in [2.45, 2.75) is 100 Å². The van der Waals surface area contributed by atoms with Crippen LogP contribution in [0.15, 0.2) is 80.0 Å². The number of hydrogen-bond acceptors (Lipinski definition) is 6. The molecule has 256 valence electrons. The maximum absolute atomic E-state index is 9.34. The van der Waals surface area contributed by atoms with Crippen LogP contribution in [0.1, 0.15) is 99.9 Å². The van der Waals surface area contributed by atoms with Gasteiger partial charge in [0.15, 0.2) is 0 Å². The van der Waals surface area contributed by atoms with Crippen LogP contribution in [0.3, 0.4) is 0 Å². The summed E-state index contributed by atoms with van der Waals surface area (Å²) in [6.07, 6.45) is 6.01. The molecule has 46 heavy (non-hydrogen) atoms. The molecule has 2 aromatic carbocycles. The van der Waals surface area contributed by atoms with Crippen molar-refractivity contribution >= 4 is 22.6 Å². The van der Waals surface area contributed by atoms with E-state index in [0.717, 1.165) is 41.2 Å². The van der Waals surface area contributed by atoms with E-state index in [-0.39, 0.29) is 13.2 Å². The number of benzene rings is 2. The Morgan fingerprint density at radius 3 is 1.78 bits per heavy atom. The normalized spacial score (nSPS) is 10.3. The van der Waals surface area contributed by atoms with E-state index in [2.05, 4.69) is 86.9 Å². The second-order valence-corrected chi connectivity index (χ2v) is 13.4. The predicted octanol–water partition coefficient (Wildman–Crippen LogP) is 9.63. The Labute approximate surface area is 285 Å². The first kappa shape index (κ1) is 43.0. The molecule has 0 aliphatic rings. The smallest absolute Gasteiger partial charge is 0.0896 e. The second kappa shape index (κ2) is 24.2. The van der Waals surface area contributed by atoms with Gasteiger partial charge in [-0.05, 0) is 88.6 Å². The molecule has 1 aromatic heterocycles. The summed E-state index contributed by atoms with van der Waals surface area (Å²) in [4.78, 5) is 7.72. The lowest BCUT2D eigenvalue weighted by Crippen LogP contribution is -2.50. The van der Waals surface area contributed by atoms with Gasteiger partial charge in [-0.1, -0.05) is 94.5 Å². The molecule has 5 nitrogen and oxygen atoms in total. The van der Waals surface area contributed by atoms with Crippen molar-refractivity contribution in [1.82, 2.24) is 15.2 Å². The zero-order valence-electron chi connectivity index (χ0n) is 30.4. The van der Waals surface area contributed by atoms with Crippen molar-refractivity contribution in [2.75, 3.05) is 26.3 Å². The molecule has 0 saturated carbocycles. The molecule has 6 heteroatoms. The van der Waals surface area contributed by atoms with Crippen LogP contribution in [-0.2, 0) is 13.0 Å². The van der Waals surface area contributed by atoms with Gasteiger partial charge in [-0.2, -0.15) is 0 Å². The van der Waals surface area contributed by atoms with E-state index >= 15 is 0 Å². The average Bonchev–Trinajstić information content (AvgIpc) is 3.44. The first-order valence-electron chi connectivity index (χ1n) is 16.6. The molecule has 3 rings (SSSR count). The number of allylic oxidation sites excluding steroid dienone is 2. The Hall–Kier alpha value is -3.03. The predicted molar refractivity (Wildman–Crippen MR) is 204 cm³/mol. The molecule has 0 saturated heterocycles. The van der Waals surface area contributed by atoms with Crippen molar-refractivity contribution in [3.8, 4) is 0 Å². The quantitative estimate of drug-likeness (QED) is 0.152. The van der Waals surface area contributed by atoms with E-state index in [4.69, 9.17) is 0 Å². The highest BCUT2D eigenvalue weighted by atomic mass is 32.1. The first-order valence-corrected chi connectivity index (χ1v) is 17.4. The lowest BCUT2D eigenvalue weighted by atomic mass is 9.98. The molecule has 0 amide bonds. The Bertz CT molecular complexity index is 1240. The fourth-order valence-electron chi connectivity index (χ4n) is 4.25. The Morgan fingerprint density at radius 1 is 0.848 bits per heavy atom. The summed E-state index contributed by atoms with van der Waals surface area (Å²) in [6, 6.07) is 16.9. The summed E-state index contributed by atoms with van der Waals surface area (Å²) in [5.74, 6) is 0. The van der Waals surface area contributed by atoms with E-state index in [1.165, 1.54) is 40.1 Å². The van der Waals surface area contributed by atoms with E-state index in [1.54, 1.807) is 11.3 Å². The largest absolute Gasteiger partial charge is 0.394 e. The van der Waals surface area contributed by atoms with Gasteiger partial charge in [-0.3, -0.25) is 0 Å². The number of aliphatic hydroxyl groups excluding tert-OH is 2. The molecule has 0 unspecified atom stereocenters. The molecule has 0 radical (unpaired) electrons. The summed E-state index contributed by atoms with van der Waals surface area (Å²) < 4.78 is 0. The third kappa shape index (κ3) is 17.6. The minimum absolute atomic E-state index is 0.0656. The van der Waals surface area contributed by atoms with Gasteiger partial charge in [0.1, 0.15) is 0 Å². The average molecular weight is 650 g/mol. The van der Waals surface area contributed by atoms with Gasteiger partial charge in [-0.25, -0.2) is 4.98 Å². The second-order valence-electron chi connectivity index (χ2n) is 12.0. The first-order chi connectivity index (χ1) is 21.8. The molecular weight excluding hydrogens is 587 g/mol. The van der Waals surface area contributed by atoms with Crippen LogP contribution < -0.4 is 5.32 Å². The standard InChI is InChI=1S/C16H25N.C15H23NO2.C5H7NS.C4H8/c1-5-11-17(12-6-2)14(4)16-10-8-9-15(7-3)13-16;1-4-15(10-17,11-18)16-9-13-5-7-14(8-6-13)12(2)3;1-4-3-6-5(2)7-4;1-4(2)3/h8-10,13H,4-7,11-12H2,1-3H3;5-8,16-18H,2,4,9-11H2,1,3H3;3H,1-2H3;1H2,2-3H3. The summed E-state index contributed by atoms with van der Waals surface area (Å²) >= 11 is 1.73. The number of rotatable bonds is 14. The SMILES string of the molecule is C=C(C)C.C=C(C)c1ccc(CNC(CC)(CO)CO)cc1.C=C(c1cccc(CC)c1)N(CCC)CCC.Cc1cnc(C)s1. The highest BCUT2D eigenvalue weighted by Gasteiger charge is 2.25. The zero-order chi connectivity index (χ0) is 35.1. The van der Waals surface area contributed by atoms with E-state index in [0.29, 0.717) is 13.0 Å². The van der Waals surface area contributed by atoms with Crippen LogP contribution in [0.25, 0.3) is 11.3 Å². The number of thiazole rings is 1. The Morgan fingerprint density at radius 2 is 1.41 bits per heavy atom. The van der Waals surface area contributed by atoms with Crippen molar-refractivity contribution in [2.24, 2.45) is 0 Å². The van der Waals surface area contributed by atoms with Gasteiger partial charge in [-0.15, -0.1) is 17.9 Å². The lowest BCUT2D eigenvalue weighted by molar-refractivity contribution is 0.0864. The van der Waals surface area contributed by atoms with Gasteiger partial charge >= 0.3 is 0 Å². The number of aromatic nitrogens is 1. The highest BCUT2D eigenvalue weighted by Crippen LogP contribution is 2.20. The van der Waals surface area contributed by atoms with Crippen LogP contribution in [0.2, 0.25) is 0 Å². The number of hydrogen-bond donors (Lipinski definition) is 3. The number of aliphatic hydroxyl groups is 2. The van der Waals surface area contributed by atoms with Gasteiger partial charge < -0.3 is 20.4 Å². The maximum atomic E-state index is 9.34. The zero-order valence-corrected chi connectivity index (χ0v) is 31.2. The van der Waals surface area contributed by atoms with Crippen LogP contribution in [0, 0.1) is 13.8 Å². The topological polar surface area (TPSA) is 68.6 Å². The van der Waals surface area contributed by atoms with Crippen LogP contribution in [0.4, 0.5) is 0 Å². The molecule has 0 fully saturated rings. The molecule has 0 spiro atoms. The maximum Gasteiger partial charge on any atom is 0.0896 e. The summed E-state index contributed by atoms with van der Waals surface area (Å²) in [6.45, 7) is 33.0. The monoisotopic (exact) mass is 649 g/mol. The van der Waals surface area contributed by atoms with Gasteiger partial charge in [0.25, 0.3) is 0 Å². The third-order valence-corrected chi connectivity index (χ3v) is 8.00. The van der Waals surface area contributed by atoms with Gasteiger partial charge in [0.2, 0.25) is 0 Å². The lowest BCUT2D eigenvalue weighted by Gasteiger charge is -2.30. The molecule has 3 N–H and O–H groups in total. The fraction of sp³-hybridized carbons (Fsp3) is 0.475.